The van der Waals surface area contributed by atoms with E-state index in [4.69, 9.17) is 9.57 Å². The van der Waals surface area contributed by atoms with Crippen molar-refractivity contribution in [3.8, 4) is 0 Å². The van der Waals surface area contributed by atoms with Gasteiger partial charge in [-0.2, -0.15) is 5.06 Å². The topological polar surface area (TPSA) is 55.8 Å². The van der Waals surface area contributed by atoms with Crippen molar-refractivity contribution in [1.29, 1.82) is 0 Å². The second-order valence-corrected chi connectivity index (χ2v) is 4.46. The highest BCUT2D eigenvalue weighted by atomic mass is 16.7. The number of ketones is 1. The average Bonchev–Trinajstić information content (AvgIpc) is 2.53. The SMILES string of the molecule is CC(=O)[C@H]1C[C@]2(C)C(=O)OC[C@H](C)N2O1. The van der Waals surface area contributed by atoms with Gasteiger partial charge in [0.05, 0.1) is 6.04 Å². The maximum absolute atomic E-state index is 11.7. The lowest BCUT2D eigenvalue weighted by Crippen LogP contribution is -2.57. The Balaban J connectivity index is 2.27. The van der Waals surface area contributed by atoms with E-state index in [-0.39, 0.29) is 17.8 Å². The molecule has 0 aromatic heterocycles. The van der Waals surface area contributed by atoms with Crippen molar-refractivity contribution in [2.75, 3.05) is 6.61 Å². The van der Waals surface area contributed by atoms with Crippen molar-refractivity contribution in [2.45, 2.75) is 44.9 Å². The van der Waals surface area contributed by atoms with E-state index in [1.807, 2.05) is 6.92 Å². The first-order valence-electron chi connectivity index (χ1n) is 5.09. The van der Waals surface area contributed by atoms with Crippen LogP contribution in [0.1, 0.15) is 27.2 Å². The summed E-state index contributed by atoms with van der Waals surface area (Å²) in [6.07, 6.45) is -0.131. The second kappa shape index (κ2) is 3.28. The predicted octanol–water partition coefficient (Wildman–Crippen LogP) is 0.285. The molecule has 0 aromatic rings. The molecule has 5 nitrogen and oxygen atoms in total. The monoisotopic (exact) mass is 213 g/mol. The first-order chi connectivity index (χ1) is 6.95. The minimum atomic E-state index is -0.798. The number of nitrogens with zero attached hydrogens (tertiary/aromatic N) is 1. The van der Waals surface area contributed by atoms with Crippen LogP contribution in [0.4, 0.5) is 0 Å². The lowest BCUT2D eigenvalue weighted by molar-refractivity contribution is -0.240. The molecule has 3 atom stereocenters. The maximum atomic E-state index is 11.7. The largest absolute Gasteiger partial charge is 0.462 e. The summed E-state index contributed by atoms with van der Waals surface area (Å²) in [5.41, 5.74) is -0.798. The van der Waals surface area contributed by atoms with Gasteiger partial charge in [-0.15, -0.1) is 0 Å². The molecule has 0 aliphatic carbocycles. The average molecular weight is 213 g/mol. The van der Waals surface area contributed by atoms with Crippen molar-refractivity contribution >= 4 is 11.8 Å². The Bertz CT molecular complexity index is 317. The van der Waals surface area contributed by atoms with Crippen LogP contribution >= 0.6 is 0 Å². The van der Waals surface area contributed by atoms with Gasteiger partial charge in [-0.25, -0.2) is 4.79 Å². The summed E-state index contributed by atoms with van der Waals surface area (Å²) >= 11 is 0. The van der Waals surface area contributed by atoms with Gasteiger partial charge in [0.15, 0.2) is 5.78 Å². The van der Waals surface area contributed by atoms with Gasteiger partial charge in [-0.05, 0) is 20.8 Å². The van der Waals surface area contributed by atoms with Crippen LogP contribution < -0.4 is 0 Å². The first kappa shape index (κ1) is 10.6. The fraction of sp³-hybridized carbons (Fsp3) is 0.800. The standard InChI is InChI=1S/C10H15NO4/c1-6-5-14-9(13)10(3)4-8(7(2)12)15-11(6)10/h6,8H,4-5H2,1-3H3/t6-,8+,10+/m0/s1. The molecular formula is C10H15NO4. The van der Waals surface area contributed by atoms with Gasteiger partial charge in [-0.3, -0.25) is 9.63 Å². The molecule has 0 radical (unpaired) electrons. The van der Waals surface area contributed by atoms with Crippen LogP contribution in [0.25, 0.3) is 0 Å². The zero-order valence-corrected chi connectivity index (χ0v) is 9.15. The molecule has 2 aliphatic heterocycles. The molecule has 84 valence electrons. The normalized spacial score (nSPS) is 41.1. The number of hydrogen-bond acceptors (Lipinski definition) is 5. The van der Waals surface area contributed by atoms with Crippen LogP contribution in [0.2, 0.25) is 0 Å². The number of Topliss-reactive ketones (excluding diaryl/α,β-unsaturated/α-hetero) is 1. The Morgan fingerprint density at radius 1 is 1.60 bits per heavy atom. The van der Waals surface area contributed by atoms with E-state index >= 15 is 0 Å². The maximum Gasteiger partial charge on any atom is 0.328 e. The van der Waals surface area contributed by atoms with Crippen LogP contribution in [0.3, 0.4) is 0 Å². The molecule has 2 fully saturated rings. The Morgan fingerprint density at radius 2 is 2.27 bits per heavy atom. The zero-order chi connectivity index (χ0) is 11.2. The van der Waals surface area contributed by atoms with Crippen LogP contribution in [0.5, 0.6) is 0 Å². The highest BCUT2D eigenvalue weighted by Gasteiger charge is 2.55. The summed E-state index contributed by atoms with van der Waals surface area (Å²) in [5, 5.41) is 1.62. The third-order valence-corrected chi connectivity index (χ3v) is 3.06. The van der Waals surface area contributed by atoms with E-state index in [1.54, 1.807) is 12.0 Å². The molecule has 2 saturated heterocycles. The van der Waals surface area contributed by atoms with E-state index in [2.05, 4.69) is 0 Å². The number of hydrogen-bond donors (Lipinski definition) is 0. The molecule has 2 rings (SSSR count). The number of morpholine rings is 1. The van der Waals surface area contributed by atoms with Gasteiger partial charge >= 0.3 is 5.97 Å². The molecule has 0 bridgehead atoms. The van der Waals surface area contributed by atoms with Crippen LogP contribution in [-0.2, 0) is 19.2 Å². The lowest BCUT2D eigenvalue weighted by Gasteiger charge is -2.39. The number of ether oxygens (including phenoxy) is 1. The van der Waals surface area contributed by atoms with Gasteiger partial charge in [0.1, 0.15) is 18.2 Å². The van der Waals surface area contributed by atoms with Gasteiger partial charge in [0.25, 0.3) is 0 Å². The van der Waals surface area contributed by atoms with E-state index in [0.717, 1.165) is 0 Å². The Kier molecular flexibility index (Phi) is 2.31. The van der Waals surface area contributed by atoms with Crippen molar-refractivity contribution in [1.82, 2.24) is 5.06 Å². The molecule has 0 N–H and O–H groups in total. The first-order valence-corrected chi connectivity index (χ1v) is 5.09. The summed E-state index contributed by atoms with van der Waals surface area (Å²) in [5.74, 6) is -0.352. The molecule has 15 heavy (non-hydrogen) atoms. The smallest absolute Gasteiger partial charge is 0.328 e. The van der Waals surface area contributed by atoms with E-state index in [9.17, 15) is 9.59 Å². The Labute approximate surface area is 88.3 Å². The fourth-order valence-electron chi connectivity index (χ4n) is 2.14. The Morgan fingerprint density at radius 3 is 2.80 bits per heavy atom. The van der Waals surface area contributed by atoms with Crippen molar-refractivity contribution in [2.24, 2.45) is 0 Å². The molecule has 0 amide bonds. The van der Waals surface area contributed by atoms with Crippen LogP contribution in [0, 0.1) is 0 Å². The van der Waals surface area contributed by atoms with Gasteiger partial charge < -0.3 is 4.74 Å². The molecular weight excluding hydrogens is 198 g/mol. The molecule has 5 heteroatoms. The van der Waals surface area contributed by atoms with E-state index in [0.29, 0.717) is 13.0 Å². The Hall–Kier alpha value is -0.940. The molecule has 0 aromatic carbocycles. The van der Waals surface area contributed by atoms with Gasteiger partial charge in [0, 0.05) is 6.42 Å². The summed E-state index contributed by atoms with van der Waals surface area (Å²) in [7, 11) is 0. The van der Waals surface area contributed by atoms with Crippen molar-refractivity contribution < 1.29 is 19.2 Å². The number of hydroxylamine groups is 2. The fourth-order valence-corrected chi connectivity index (χ4v) is 2.14. The second-order valence-electron chi connectivity index (χ2n) is 4.46. The van der Waals surface area contributed by atoms with Gasteiger partial charge in [-0.1, -0.05) is 0 Å². The third kappa shape index (κ3) is 1.46. The summed E-state index contributed by atoms with van der Waals surface area (Å²) in [6, 6.07) is -0.00273. The number of carbonyl (C=O) groups is 2. The highest BCUT2D eigenvalue weighted by molar-refractivity contribution is 5.86. The summed E-state index contributed by atoms with van der Waals surface area (Å²) < 4.78 is 5.06. The number of rotatable bonds is 1. The van der Waals surface area contributed by atoms with Gasteiger partial charge in [0.2, 0.25) is 0 Å². The van der Waals surface area contributed by atoms with Crippen molar-refractivity contribution in [3.05, 3.63) is 0 Å². The molecule has 2 heterocycles. The zero-order valence-electron chi connectivity index (χ0n) is 9.15. The molecule has 0 unspecified atom stereocenters. The van der Waals surface area contributed by atoms with Crippen molar-refractivity contribution in [3.63, 3.8) is 0 Å². The molecule has 2 aliphatic rings. The van der Waals surface area contributed by atoms with E-state index in [1.165, 1.54) is 6.92 Å². The lowest BCUT2D eigenvalue weighted by atomic mass is 9.92. The highest BCUT2D eigenvalue weighted by Crippen LogP contribution is 2.37. The predicted molar refractivity (Wildman–Crippen MR) is 50.8 cm³/mol. The quantitative estimate of drug-likeness (QED) is 0.586. The molecule has 0 spiro atoms. The van der Waals surface area contributed by atoms with E-state index < -0.39 is 11.6 Å². The minimum absolute atomic E-state index is 0.00273. The van der Waals surface area contributed by atoms with Crippen LogP contribution in [0.15, 0.2) is 0 Å². The number of fused-ring (bicyclic) bond motifs is 1. The third-order valence-electron chi connectivity index (χ3n) is 3.06. The number of cyclic esters (lactones) is 1. The summed E-state index contributed by atoms with van der Waals surface area (Å²) in [6.45, 7) is 5.46. The number of esters is 1. The minimum Gasteiger partial charge on any atom is -0.462 e. The van der Waals surface area contributed by atoms with Crippen LogP contribution in [-0.4, -0.2) is 41.1 Å². The summed E-state index contributed by atoms with van der Waals surface area (Å²) in [4.78, 5) is 28.4. The molecule has 0 saturated carbocycles. The number of carbonyl (C=O) groups excluding carboxylic acids is 2.